The molecule has 0 aliphatic heterocycles. The van der Waals surface area contributed by atoms with Crippen LogP contribution in [0.15, 0.2) is 12.4 Å². The Labute approximate surface area is 77.8 Å². The second kappa shape index (κ2) is 4.39. The molecule has 0 spiro atoms. The van der Waals surface area contributed by atoms with Gasteiger partial charge in [-0.05, 0) is 6.42 Å². The van der Waals surface area contributed by atoms with Crippen molar-refractivity contribution in [3.63, 3.8) is 0 Å². The van der Waals surface area contributed by atoms with Gasteiger partial charge in [0, 0.05) is 25.9 Å². The van der Waals surface area contributed by atoms with Crippen molar-refractivity contribution in [3.8, 4) is 0 Å². The number of imidazole rings is 1. The average Bonchev–Trinajstić information content (AvgIpc) is 2.50. The van der Waals surface area contributed by atoms with E-state index in [1.165, 1.54) is 0 Å². The summed E-state index contributed by atoms with van der Waals surface area (Å²) in [6, 6.07) is 0. The number of hydrogen-bond acceptors (Lipinski definition) is 3. The van der Waals surface area contributed by atoms with Crippen molar-refractivity contribution in [3.05, 3.63) is 18.2 Å². The summed E-state index contributed by atoms with van der Waals surface area (Å²) in [6.07, 6.45) is 3.09. The van der Waals surface area contributed by atoms with E-state index in [2.05, 4.69) is 4.98 Å². The molecule has 2 unspecified atom stereocenters. The van der Waals surface area contributed by atoms with Gasteiger partial charge in [0.1, 0.15) is 5.82 Å². The summed E-state index contributed by atoms with van der Waals surface area (Å²) in [5.41, 5.74) is 0. The van der Waals surface area contributed by atoms with E-state index in [9.17, 15) is 10.2 Å². The zero-order valence-corrected chi connectivity index (χ0v) is 8.01. The molecule has 4 nitrogen and oxygen atoms in total. The van der Waals surface area contributed by atoms with Gasteiger partial charge in [0.15, 0.2) is 0 Å². The maximum atomic E-state index is 9.51. The lowest BCUT2D eigenvalue weighted by molar-refractivity contribution is 0.0167. The summed E-state index contributed by atoms with van der Waals surface area (Å²) in [6.45, 7) is 1.84. The zero-order valence-electron chi connectivity index (χ0n) is 8.01. The van der Waals surface area contributed by atoms with Crippen LogP contribution in [0.5, 0.6) is 0 Å². The molecule has 0 amide bonds. The molecule has 1 aromatic rings. The molecular weight excluding hydrogens is 168 g/mol. The van der Waals surface area contributed by atoms with Crippen molar-refractivity contribution >= 4 is 0 Å². The van der Waals surface area contributed by atoms with Crippen LogP contribution in [0.1, 0.15) is 19.2 Å². The molecule has 1 aromatic heterocycles. The molecule has 4 heteroatoms. The van der Waals surface area contributed by atoms with Gasteiger partial charge in [0.05, 0.1) is 12.2 Å². The van der Waals surface area contributed by atoms with E-state index in [0.29, 0.717) is 12.8 Å². The predicted octanol–water partition coefficient (Wildman–Crippen LogP) is 0.0944. The third-order valence-corrected chi connectivity index (χ3v) is 2.18. The summed E-state index contributed by atoms with van der Waals surface area (Å²) >= 11 is 0. The summed E-state index contributed by atoms with van der Waals surface area (Å²) < 4.78 is 1.84. The van der Waals surface area contributed by atoms with Gasteiger partial charge in [0.2, 0.25) is 0 Å². The lowest BCUT2D eigenvalue weighted by Gasteiger charge is -2.15. The number of aliphatic hydroxyl groups is 2. The van der Waals surface area contributed by atoms with Gasteiger partial charge in [-0.2, -0.15) is 0 Å². The summed E-state index contributed by atoms with van der Waals surface area (Å²) in [5.74, 6) is 0.792. The minimum absolute atomic E-state index is 0.401. The van der Waals surface area contributed by atoms with Gasteiger partial charge in [-0.15, -0.1) is 0 Å². The van der Waals surface area contributed by atoms with E-state index < -0.39 is 12.2 Å². The molecule has 0 aromatic carbocycles. The van der Waals surface area contributed by atoms with Gasteiger partial charge in [-0.1, -0.05) is 6.92 Å². The minimum atomic E-state index is -0.717. The quantitative estimate of drug-likeness (QED) is 0.697. The third kappa shape index (κ3) is 2.54. The van der Waals surface area contributed by atoms with E-state index in [1.54, 1.807) is 6.20 Å². The molecular formula is C9H16N2O2. The highest BCUT2D eigenvalue weighted by Gasteiger charge is 2.16. The lowest BCUT2D eigenvalue weighted by Crippen LogP contribution is -2.28. The standard InChI is InChI=1S/C9H16N2O2/c1-3-7(12)8(13)6-9-10-4-5-11(9)2/h4-5,7-8,12-13H,3,6H2,1-2H3. The molecule has 2 atom stereocenters. The van der Waals surface area contributed by atoms with Crippen molar-refractivity contribution < 1.29 is 10.2 Å². The summed E-state index contributed by atoms with van der Waals surface area (Å²) in [7, 11) is 1.87. The first kappa shape index (κ1) is 10.2. The molecule has 0 aliphatic rings. The molecule has 2 N–H and O–H groups in total. The smallest absolute Gasteiger partial charge is 0.111 e. The Morgan fingerprint density at radius 2 is 2.15 bits per heavy atom. The van der Waals surface area contributed by atoms with Crippen LogP contribution in [0.25, 0.3) is 0 Å². The van der Waals surface area contributed by atoms with Crippen LogP contribution in [0.2, 0.25) is 0 Å². The monoisotopic (exact) mass is 184 g/mol. The van der Waals surface area contributed by atoms with Crippen molar-refractivity contribution in [2.45, 2.75) is 32.0 Å². The van der Waals surface area contributed by atoms with Gasteiger partial charge in [0.25, 0.3) is 0 Å². The van der Waals surface area contributed by atoms with Crippen LogP contribution in [-0.4, -0.2) is 32.0 Å². The Kier molecular flexibility index (Phi) is 3.45. The largest absolute Gasteiger partial charge is 0.390 e. The molecule has 13 heavy (non-hydrogen) atoms. The first-order valence-corrected chi connectivity index (χ1v) is 4.47. The maximum absolute atomic E-state index is 9.51. The van der Waals surface area contributed by atoms with Crippen LogP contribution < -0.4 is 0 Å². The molecule has 74 valence electrons. The van der Waals surface area contributed by atoms with E-state index in [4.69, 9.17) is 0 Å². The molecule has 0 saturated carbocycles. The highest BCUT2D eigenvalue weighted by molar-refractivity contribution is 4.93. The number of nitrogens with zero attached hydrogens (tertiary/aromatic N) is 2. The predicted molar refractivity (Wildman–Crippen MR) is 49.2 cm³/mol. The Morgan fingerprint density at radius 3 is 2.62 bits per heavy atom. The SMILES string of the molecule is CCC(O)C(O)Cc1nccn1C. The van der Waals surface area contributed by atoms with E-state index in [0.717, 1.165) is 5.82 Å². The summed E-state index contributed by atoms with van der Waals surface area (Å²) in [5, 5.41) is 18.8. The van der Waals surface area contributed by atoms with Crippen LogP contribution in [0.3, 0.4) is 0 Å². The highest BCUT2D eigenvalue weighted by Crippen LogP contribution is 2.05. The van der Waals surface area contributed by atoms with Gasteiger partial charge < -0.3 is 14.8 Å². The summed E-state index contributed by atoms with van der Waals surface area (Å²) in [4.78, 5) is 4.06. The second-order valence-corrected chi connectivity index (χ2v) is 3.20. The number of rotatable bonds is 4. The number of aromatic nitrogens is 2. The average molecular weight is 184 g/mol. The third-order valence-electron chi connectivity index (χ3n) is 2.18. The van der Waals surface area contributed by atoms with Crippen LogP contribution in [-0.2, 0) is 13.5 Å². The highest BCUT2D eigenvalue weighted by atomic mass is 16.3. The Morgan fingerprint density at radius 1 is 1.46 bits per heavy atom. The Balaban J connectivity index is 2.54. The van der Waals surface area contributed by atoms with Gasteiger partial charge in [-0.3, -0.25) is 0 Å². The van der Waals surface area contributed by atoms with Crippen molar-refractivity contribution in [2.75, 3.05) is 0 Å². The maximum Gasteiger partial charge on any atom is 0.111 e. The molecule has 0 fully saturated rings. The fourth-order valence-electron chi connectivity index (χ4n) is 1.19. The van der Waals surface area contributed by atoms with E-state index >= 15 is 0 Å². The van der Waals surface area contributed by atoms with E-state index in [-0.39, 0.29) is 0 Å². The van der Waals surface area contributed by atoms with Crippen molar-refractivity contribution in [1.29, 1.82) is 0 Å². The Hall–Kier alpha value is -0.870. The molecule has 0 saturated heterocycles. The first-order valence-electron chi connectivity index (χ1n) is 4.47. The first-order chi connectivity index (χ1) is 6.15. The number of aliphatic hydroxyl groups excluding tert-OH is 2. The minimum Gasteiger partial charge on any atom is -0.390 e. The van der Waals surface area contributed by atoms with Gasteiger partial charge >= 0.3 is 0 Å². The normalized spacial score (nSPS) is 15.7. The molecule has 0 aliphatic carbocycles. The van der Waals surface area contributed by atoms with Crippen LogP contribution in [0, 0.1) is 0 Å². The van der Waals surface area contributed by atoms with Crippen molar-refractivity contribution in [2.24, 2.45) is 7.05 Å². The second-order valence-electron chi connectivity index (χ2n) is 3.20. The fourth-order valence-corrected chi connectivity index (χ4v) is 1.19. The van der Waals surface area contributed by atoms with Gasteiger partial charge in [-0.25, -0.2) is 4.98 Å². The fraction of sp³-hybridized carbons (Fsp3) is 0.667. The van der Waals surface area contributed by atoms with Crippen molar-refractivity contribution in [1.82, 2.24) is 9.55 Å². The topological polar surface area (TPSA) is 58.3 Å². The molecule has 0 radical (unpaired) electrons. The molecule has 1 heterocycles. The van der Waals surface area contributed by atoms with Crippen LogP contribution in [0.4, 0.5) is 0 Å². The Bertz CT molecular complexity index is 260. The molecule has 1 rings (SSSR count). The van der Waals surface area contributed by atoms with Crippen LogP contribution >= 0.6 is 0 Å². The molecule has 0 bridgehead atoms. The number of aryl methyl sites for hydroxylation is 1. The van der Waals surface area contributed by atoms with E-state index in [1.807, 2.05) is 24.7 Å². The lowest BCUT2D eigenvalue weighted by atomic mass is 10.1. The zero-order chi connectivity index (χ0) is 9.84. The number of hydrogen-bond donors (Lipinski definition) is 2.